The van der Waals surface area contributed by atoms with Gasteiger partial charge in [-0.25, -0.2) is 8.51 Å². The Labute approximate surface area is 138 Å². The van der Waals surface area contributed by atoms with E-state index in [9.17, 15) is 4.21 Å². The van der Waals surface area contributed by atoms with E-state index in [0.29, 0.717) is 11.8 Å². The van der Waals surface area contributed by atoms with Gasteiger partial charge in [0.15, 0.2) is 11.0 Å². The smallest absolute Gasteiger partial charge is 0.272 e. The second-order valence-corrected chi connectivity index (χ2v) is 7.02. The highest BCUT2D eigenvalue weighted by atomic mass is 32.2. The fraction of sp³-hybridized carbons (Fsp3) is 0.235. The molecular weight excluding hydrogens is 314 g/mol. The van der Waals surface area contributed by atoms with Crippen molar-refractivity contribution in [2.24, 2.45) is 0 Å². The molecule has 1 aliphatic rings. The molecule has 0 amide bonds. The van der Waals surface area contributed by atoms with Crippen molar-refractivity contribution in [2.45, 2.75) is 24.3 Å². The highest BCUT2D eigenvalue weighted by Crippen LogP contribution is 2.23. The lowest BCUT2D eigenvalue weighted by molar-refractivity contribution is 0.326. The molecule has 0 spiro atoms. The summed E-state index contributed by atoms with van der Waals surface area (Å²) >= 11 is 5.25. The van der Waals surface area contributed by atoms with Gasteiger partial charge in [0, 0.05) is 0 Å². The third kappa shape index (κ3) is 3.20. The minimum atomic E-state index is -1.33. The molecule has 0 aliphatic carbocycles. The first kappa shape index (κ1) is 15.2. The Kier molecular flexibility index (Phi) is 4.55. The highest BCUT2D eigenvalue weighted by molar-refractivity contribution is 7.86. The molecule has 22 heavy (non-hydrogen) atoms. The van der Waals surface area contributed by atoms with Crippen LogP contribution >= 0.6 is 12.2 Å². The van der Waals surface area contributed by atoms with Gasteiger partial charge in [0.25, 0.3) is 5.17 Å². The molecule has 0 bridgehead atoms. The van der Waals surface area contributed by atoms with Crippen LogP contribution in [0.5, 0.6) is 0 Å². The first-order valence-corrected chi connectivity index (χ1v) is 8.65. The van der Waals surface area contributed by atoms with Crippen LogP contribution in [0.15, 0.2) is 59.5 Å². The van der Waals surface area contributed by atoms with Crippen LogP contribution in [0, 0.1) is 6.92 Å². The summed E-state index contributed by atoms with van der Waals surface area (Å²) in [4.78, 5) is 0.747. The van der Waals surface area contributed by atoms with Gasteiger partial charge in [0.05, 0.1) is 10.9 Å². The molecule has 1 saturated heterocycles. The van der Waals surface area contributed by atoms with Crippen molar-refractivity contribution >= 4 is 28.4 Å². The Morgan fingerprint density at radius 1 is 1.18 bits per heavy atom. The molecule has 1 unspecified atom stereocenters. The molecule has 1 aliphatic heterocycles. The third-order valence-corrected chi connectivity index (χ3v) is 5.55. The van der Waals surface area contributed by atoms with Crippen molar-refractivity contribution in [2.75, 3.05) is 6.61 Å². The first-order chi connectivity index (χ1) is 10.6. The van der Waals surface area contributed by atoms with Crippen LogP contribution in [-0.2, 0) is 22.1 Å². The molecule has 5 heteroatoms. The van der Waals surface area contributed by atoms with Gasteiger partial charge in [-0.3, -0.25) is 0 Å². The number of benzene rings is 2. The Hall–Kier alpha value is -1.72. The highest BCUT2D eigenvalue weighted by Gasteiger charge is 2.35. The zero-order valence-electron chi connectivity index (χ0n) is 12.3. The molecule has 0 N–H and O–H groups in total. The number of nitrogens with zero attached hydrogens (tertiary/aromatic N) is 1. The minimum Gasteiger partial charge on any atom is -0.468 e. The van der Waals surface area contributed by atoms with E-state index < -0.39 is 11.0 Å². The van der Waals surface area contributed by atoms with Gasteiger partial charge in [-0.05, 0) is 43.3 Å². The van der Waals surface area contributed by atoms with Crippen molar-refractivity contribution in [1.82, 2.24) is 4.31 Å². The van der Waals surface area contributed by atoms with Crippen LogP contribution in [0.25, 0.3) is 0 Å². The number of thiocarbonyl (C=S) groups is 1. The van der Waals surface area contributed by atoms with Gasteiger partial charge in [0.1, 0.15) is 6.61 Å². The molecule has 1 fully saturated rings. The van der Waals surface area contributed by atoms with Crippen LogP contribution in [0.4, 0.5) is 0 Å². The zero-order valence-corrected chi connectivity index (χ0v) is 13.9. The summed E-state index contributed by atoms with van der Waals surface area (Å²) in [5, 5.41) is 0.319. The Bertz CT molecular complexity index is 686. The lowest BCUT2D eigenvalue weighted by Crippen LogP contribution is -2.36. The van der Waals surface area contributed by atoms with Crippen molar-refractivity contribution in [3.05, 3.63) is 65.7 Å². The predicted octanol–water partition coefficient (Wildman–Crippen LogP) is 3.25. The topological polar surface area (TPSA) is 29.5 Å². The van der Waals surface area contributed by atoms with E-state index >= 15 is 0 Å². The maximum absolute atomic E-state index is 12.8. The van der Waals surface area contributed by atoms with E-state index in [1.165, 1.54) is 5.56 Å². The molecule has 1 heterocycles. The van der Waals surface area contributed by atoms with Gasteiger partial charge in [-0.1, -0.05) is 48.0 Å². The number of hydrogen-bond donors (Lipinski definition) is 0. The van der Waals surface area contributed by atoms with E-state index in [1.807, 2.05) is 49.4 Å². The maximum Gasteiger partial charge on any atom is 0.272 e. The van der Waals surface area contributed by atoms with Crippen LogP contribution in [0.1, 0.15) is 11.1 Å². The Balaban J connectivity index is 1.81. The monoisotopic (exact) mass is 331 g/mol. The van der Waals surface area contributed by atoms with Gasteiger partial charge in [-0.2, -0.15) is 0 Å². The van der Waals surface area contributed by atoms with E-state index in [4.69, 9.17) is 17.0 Å². The summed E-state index contributed by atoms with van der Waals surface area (Å²) in [6.07, 6.45) is 0.762. The normalized spacial score (nSPS) is 19.0. The van der Waals surface area contributed by atoms with E-state index in [1.54, 1.807) is 4.31 Å². The molecule has 3 rings (SSSR count). The molecule has 0 radical (unpaired) electrons. The Morgan fingerprint density at radius 2 is 1.86 bits per heavy atom. The van der Waals surface area contributed by atoms with Crippen LogP contribution < -0.4 is 0 Å². The summed E-state index contributed by atoms with van der Waals surface area (Å²) in [7, 11) is -1.33. The summed E-state index contributed by atoms with van der Waals surface area (Å²) in [5.74, 6) is 0. The molecule has 3 nitrogen and oxygen atoms in total. The van der Waals surface area contributed by atoms with Gasteiger partial charge < -0.3 is 4.74 Å². The third-order valence-electron chi connectivity index (χ3n) is 3.63. The van der Waals surface area contributed by atoms with Crippen molar-refractivity contribution in [1.29, 1.82) is 0 Å². The van der Waals surface area contributed by atoms with E-state index in [-0.39, 0.29) is 6.04 Å². The fourth-order valence-corrected chi connectivity index (χ4v) is 4.06. The van der Waals surface area contributed by atoms with Crippen molar-refractivity contribution in [3.8, 4) is 0 Å². The van der Waals surface area contributed by atoms with Gasteiger partial charge in [0.2, 0.25) is 0 Å². The number of aryl methyl sites for hydroxylation is 1. The average molecular weight is 331 g/mol. The summed E-state index contributed by atoms with van der Waals surface area (Å²) < 4.78 is 20.0. The fourth-order valence-electron chi connectivity index (χ4n) is 2.45. The molecule has 0 saturated carbocycles. The molecule has 114 valence electrons. The minimum absolute atomic E-state index is 0.00274. The van der Waals surface area contributed by atoms with Crippen LogP contribution in [0.3, 0.4) is 0 Å². The van der Waals surface area contributed by atoms with Gasteiger partial charge >= 0.3 is 0 Å². The zero-order chi connectivity index (χ0) is 15.5. The van der Waals surface area contributed by atoms with Crippen molar-refractivity contribution < 1.29 is 8.95 Å². The standard InChI is InChI=1S/C17H17NO2S2/c1-13-7-9-16(10-8-13)22(19)18-15(12-20-17(18)21)11-14-5-3-2-4-6-14/h2-10,15H,11-12H2,1H3/t15-,22?/m0/s1. The summed E-state index contributed by atoms with van der Waals surface area (Å²) in [6, 6.07) is 17.8. The van der Waals surface area contributed by atoms with Crippen LogP contribution in [-0.4, -0.2) is 26.3 Å². The number of hydrogen-bond acceptors (Lipinski definition) is 3. The second-order valence-electron chi connectivity index (χ2n) is 5.31. The lowest BCUT2D eigenvalue weighted by atomic mass is 10.1. The number of ether oxygens (including phenoxy) is 1. The molecular formula is C17H17NO2S2. The molecule has 0 aromatic heterocycles. The molecule has 2 aromatic carbocycles. The summed E-state index contributed by atoms with van der Waals surface area (Å²) in [5.41, 5.74) is 2.33. The van der Waals surface area contributed by atoms with Gasteiger partial charge in [-0.15, -0.1) is 0 Å². The largest absolute Gasteiger partial charge is 0.468 e. The average Bonchev–Trinajstić information content (AvgIpc) is 2.89. The summed E-state index contributed by atoms with van der Waals surface area (Å²) in [6.45, 7) is 2.49. The number of rotatable bonds is 4. The Morgan fingerprint density at radius 3 is 2.55 bits per heavy atom. The molecule has 2 aromatic rings. The van der Waals surface area contributed by atoms with Crippen LogP contribution in [0.2, 0.25) is 0 Å². The quantitative estimate of drug-likeness (QED) is 0.806. The first-order valence-electron chi connectivity index (χ1n) is 7.13. The van der Waals surface area contributed by atoms with E-state index in [2.05, 4.69) is 12.1 Å². The maximum atomic E-state index is 12.8. The SMILES string of the molecule is Cc1ccc(S(=O)N2C(=S)OC[C@@H]2Cc2ccccc2)cc1. The van der Waals surface area contributed by atoms with Crippen molar-refractivity contribution in [3.63, 3.8) is 0 Å². The van der Waals surface area contributed by atoms with E-state index in [0.717, 1.165) is 16.9 Å². The predicted molar refractivity (Wildman–Crippen MR) is 91.9 cm³/mol. The second kappa shape index (κ2) is 6.58. The lowest BCUT2D eigenvalue weighted by Gasteiger charge is -2.21. The molecule has 2 atom stereocenters.